The van der Waals surface area contributed by atoms with Crippen molar-refractivity contribution in [1.29, 1.82) is 5.26 Å². The molecule has 84 valence electrons. The van der Waals surface area contributed by atoms with Gasteiger partial charge in [-0.1, -0.05) is 19.3 Å². The molecule has 3 heteroatoms. The molecule has 1 aromatic carbocycles. The second-order valence-corrected chi connectivity index (χ2v) is 5.48. The lowest BCUT2D eigenvalue weighted by atomic mass is 10.0. The average molecular weight is 235 g/mol. The molecule has 0 saturated heterocycles. The fourth-order valence-electron chi connectivity index (χ4n) is 2.03. The van der Waals surface area contributed by atoms with E-state index in [0.717, 1.165) is 0 Å². The van der Waals surface area contributed by atoms with Crippen LogP contribution in [0.1, 0.15) is 37.7 Å². The highest BCUT2D eigenvalue weighted by Gasteiger charge is 2.16. The van der Waals surface area contributed by atoms with E-state index in [1.165, 1.54) is 38.2 Å². The van der Waals surface area contributed by atoms with E-state index in [9.17, 15) is 4.39 Å². The lowest BCUT2D eigenvalue weighted by molar-refractivity contribution is 0.515. The maximum Gasteiger partial charge on any atom is 0.138 e. The van der Waals surface area contributed by atoms with Gasteiger partial charge in [0.25, 0.3) is 0 Å². The van der Waals surface area contributed by atoms with Crippen molar-refractivity contribution in [3.8, 4) is 6.07 Å². The van der Waals surface area contributed by atoms with Gasteiger partial charge in [-0.2, -0.15) is 5.26 Å². The van der Waals surface area contributed by atoms with Gasteiger partial charge in [0.1, 0.15) is 5.82 Å². The number of hydrogen-bond acceptors (Lipinski definition) is 2. The van der Waals surface area contributed by atoms with Crippen molar-refractivity contribution in [2.75, 3.05) is 0 Å². The Labute approximate surface area is 99.7 Å². The highest BCUT2D eigenvalue weighted by molar-refractivity contribution is 8.00. The Kier molecular flexibility index (Phi) is 3.84. The van der Waals surface area contributed by atoms with E-state index in [1.54, 1.807) is 23.9 Å². The third-order valence-electron chi connectivity index (χ3n) is 2.91. The van der Waals surface area contributed by atoms with Gasteiger partial charge in [0.15, 0.2) is 0 Å². The Bertz CT molecular complexity index is 405. The standard InChI is InChI=1S/C13H14FNS/c14-12-8-10(9-15)6-7-13(12)16-11-4-2-1-3-5-11/h6-8,11H,1-5H2. The van der Waals surface area contributed by atoms with Crippen molar-refractivity contribution >= 4 is 11.8 Å². The maximum absolute atomic E-state index is 13.6. The van der Waals surface area contributed by atoms with E-state index < -0.39 is 0 Å². The molecule has 16 heavy (non-hydrogen) atoms. The van der Waals surface area contributed by atoms with Gasteiger partial charge in [0.2, 0.25) is 0 Å². The van der Waals surface area contributed by atoms with Crippen molar-refractivity contribution in [2.45, 2.75) is 42.2 Å². The van der Waals surface area contributed by atoms with Crippen LogP contribution in [-0.4, -0.2) is 5.25 Å². The molecule has 0 spiro atoms. The summed E-state index contributed by atoms with van der Waals surface area (Å²) in [6.07, 6.45) is 6.20. The molecular formula is C13H14FNS. The minimum Gasteiger partial charge on any atom is -0.206 e. The van der Waals surface area contributed by atoms with Crippen LogP contribution in [0.5, 0.6) is 0 Å². The van der Waals surface area contributed by atoms with Crippen LogP contribution >= 0.6 is 11.8 Å². The normalized spacial score (nSPS) is 17.0. The van der Waals surface area contributed by atoms with Gasteiger partial charge in [-0.25, -0.2) is 4.39 Å². The second-order valence-electron chi connectivity index (χ2n) is 4.13. The first kappa shape index (κ1) is 11.5. The van der Waals surface area contributed by atoms with Crippen LogP contribution in [0.4, 0.5) is 4.39 Å². The molecule has 1 nitrogen and oxygen atoms in total. The van der Waals surface area contributed by atoms with Crippen molar-refractivity contribution in [1.82, 2.24) is 0 Å². The second kappa shape index (κ2) is 5.36. The summed E-state index contributed by atoms with van der Waals surface area (Å²) >= 11 is 1.63. The number of benzene rings is 1. The van der Waals surface area contributed by atoms with Gasteiger partial charge in [0.05, 0.1) is 11.6 Å². The lowest BCUT2D eigenvalue weighted by Gasteiger charge is -2.21. The minimum atomic E-state index is -0.255. The van der Waals surface area contributed by atoms with Crippen LogP contribution in [0.2, 0.25) is 0 Å². The third-order valence-corrected chi connectivity index (χ3v) is 4.30. The summed E-state index contributed by atoms with van der Waals surface area (Å²) in [4.78, 5) is 0.686. The van der Waals surface area contributed by atoms with Crippen LogP contribution < -0.4 is 0 Å². The number of thioether (sulfide) groups is 1. The first-order valence-electron chi connectivity index (χ1n) is 5.66. The predicted molar refractivity (Wildman–Crippen MR) is 63.8 cm³/mol. The zero-order valence-electron chi connectivity index (χ0n) is 9.08. The van der Waals surface area contributed by atoms with E-state index in [1.807, 2.05) is 6.07 Å². The van der Waals surface area contributed by atoms with Gasteiger partial charge in [-0.15, -0.1) is 11.8 Å². The summed E-state index contributed by atoms with van der Waals surface area (Å²) < 4.78 is 13.6. The summed E-state index contributed by atoms with van der Waals surface area (Å²) in [5, 5.41) is 9.20. The smallest absolute Gasteiger partial charge is 0.138 e. The molecule has 1 aromatic rings. The van der Waals surface area contributed by atoms with E-state index in [2.05, 4.69) is 0 Å². The molecular weight excluding hydrogens is 221 g/mol. The van der Waals surface area contributed by atoms with Crippen molar-refractivity contribution < 1.29 is 4.39 Å². The molecule has 0 radical (unpaired) electrons. The van der Waals surface area contributed by atoms with Crippen LogP contribution in [0.25, 0.3) is 0 Å². The molecule has 1 saturated carbocycles. The molecule has 0 N–H and O–H groups in total. The highest BCUT2D eigenvalue weighted by Crippen LogP contribution is 2.34. The summed E-state index contributed by atoms with van der Waals surface area (Å²) in [7, 11) is 0. The quantitative estimate of drug-likeness (QED) is 0.769. The van der Waals surface area contributed by atoms with Crippen LogP contribution in [0, 0.1) is 17.1 Å². The SMILES string of the molecule is N#Cc1ccc(SC2CCCCC2)c(F)c1. The molecule has 1 aliphatic carbocycles. The van der Waals surface area contributed by atoms with E-state index in [-0.39, 0.29) is 5.82 Å². The molecule has 1 aliphatic rings. The van der Waals surface area contributed by atoms with Gasteiger partial charge < -0.3 is 0 Å². The predicted octanol–water partition coefficient (Wildman–Crippen LogP) is 4.12. The van der Waals surface area contributed by atoms with Gasteiger partial charge in [0, 0.05) is 10.1 Å². The summed E-state index contributed by atoms with van der Waals surface area (Å²) in [5.41, 5.74) is 0.394. The van der Waals surface area contributed by atoms with E-state index >= 15 is 0 Å². The minimum absolute atomic E-state index is 0.255. The fourth-order valence-corrected chi connectivity index (χ4v) is 3.27. The molecule has 0 bridgehead atoms. The molecule has 0 aliphatic heterocycles. The Morgan fingerprint density at radius 2 is 2.00 bits per heavy atom. The van der Waals surface area contributed by atoms with Crippen molar-refractivity contribution in [3.63, 3.8) is 0 Å². The molecule has 0 aromatic heterocycles. The largest absolute Gasteiger partial charge is 0.206 e. The van der Waals surface area contributed by atoms with Gasteiger partial charge in [-0.3, -0.25) is 0 Å². The Morgan fingerprint density at radius 3 is 2.62 bits per heavy atom. The van der Waals surface area contributed by atoms with Crippen molar-refractivity contribution in [2.24, 2.45) is 0 Å². The zero-order valence-corrected chi connectivity index (χ0v) is 9.89. The number of hydrogen-bond donors (Lipinski definition) is 0. The Morgan fingerprint density at radius 1 is 1.25 bits per heavy atom. The number of nitriles is 1. The summed E-state index contributed by atoms with van der Waals surface area (Å²) in [6, 6.07) is 6.69. The maximum atomic E-state index is 13.6. The topological polar surface area (TPSA) is 23.8 Å². The van der Waals surface area contributed by atoms with E-state index in [4.69, 9.17) is 5.26 Å². The first-order valence-corrected chi connectivity index (χ1v) is 6.54. The summed E-state index contributed by atoms with van der Waals surface area (Å²) in [6.45, 7) is 0. The van der Waals surface area contributed by atoms with Gasteiger partial charge in [-0.05, 0) is 31.0 Å². The molecule has 0 atom stereocenters. The third kappa shape index (κ3) is 2.76. The van der Waals surface area contributed by atoms with Crippen LogP contribution in [0.15, 0.2) is 23.1 Å². The monoisotopic (exact) mass is 235 g/mol. The number of halogens is 1. The average Bonchev–Trinajstić information content (AvgIpc) is 2.33. The van der Waals surface area contributed by atoms with E-state index in [0.29, 0.717) is 15.7 Å². The van der Waals surface area contributed by atoms with Crippen LogP contribution in [0.3, 0.4) is 0 Å². The van der Waals surface area contributed by atoms with Crippen molar-refractivity contribution in [3.05, 3.63) is 29.6 Å². The molecule has 1 fully saturated rings. The zero-order chi connectivity index (χ0) is 11.4. The number of rotatable bonds is 2. The Balaban J connectivity index is 2.06. The molecule has 2 rings (SSSR count). The Hall–Kier alpha value is -1.01. The number of nitrogens with zero attached hydrogens (tertiary/aromatic N) is 1. The fraction of sp³-hybridized carbons (Fsp3) is 0.462. The highest BCUT2D eigenvalue weighted by atomic mass is 32.2. The van der Waals surface area contributed by atoms with Gasteiger partial charge >= 0.3 is 0 Å². The molecule has 0 amide bonds. The van der Waals surface area contributed by atoms with Crippen LogP contribution in [-0.2, 0) is 0 Å². The first-order chi connectivity index (χ1) is 7.79. The summed E-state index contributed by atoms with van der Waals surface area (Å²) in [5.74, 6) is -0.255. The molecule has 0 unspecified atom stereocenters. The lowest BCUT2D eigenvalue weighted by Crippen LogP contribution is -2.08. The molecule has 0 heterocycles.